The Hall–Kier alpha value is -3.66. The zero-order chi connectivity index (χ0) is 32.7. The SMILES string of the molecule is Cc1ccc(S(=O)(=O)N(CC(=O)N(Cc2ccc(Br)cc2)[C@@H](Cc2ccccc2)C(=O)NC(C)C)c2cc(Cl)ccc2C)cc1. The van der Waals surface area contributed by atoms with Crippen molar-refractivity contribution in [3.8, 4) is 0 Å². The van der Waals surface area contributed by atoms with Gasteiger partial charge in [-0.25, -0.2) is 8.42 Å². The number of rotatable bonds is 12. The molecule has 7 nitrogen and oxygen atoms in total. The molecule has 10 heteroatoms. The van der Waals surface area contributed by atoms with Crippen LogP contribution in [0.25, 0.3) is 0 Å². The van der Waals surface area contributed by atoms with E-state index in [1.807, 2.05) is 75.4 Å². The maximum absolute atomic E-state index is 14.5. The molecular formula is C35H37BrClN3O4S. The molecule has 1 atom stereocenters. The molecule has 0 aliphatic carbocycles. The van der Waals surface area contributed by atoms with E-state index in [4.69, 9.17) is 11.6 Å². The number of halogens is 2. The summed E-state index contributed by atoms with van der Waals surface area (Å²) in [5.41, 5.74) is 3.46. The van der Waals surface area contributed by atoms with Crippen molar-refractivity contribution in [3.05, 3.63) is 129 Å². The Morgan fingerprint density at radius 1 is 0.867 bits per heavy atom. The molecule has 0 aromatic heterocycles. The van der Waals surface area contributed by atoms with Gasteiger partial charge in [-0.2, -0.15) is 0 Å². The van der Waals surface area contributed by atoms with Crippen LogP contribution in [0.4, 0.5) is 5.69 Å². The first-order chi connectivity index (χ1) is 21.3. The number of nitrogens with one attached hydrogen (secondary N) is 1. The van der Waals surface area contributed by atoms with Crippen LogP contribution < -0.4 is 9.62 Å². The van der Waals surface area contributed by atoms with Crippen molar-refractivity contribution in [3.63, 3.8) is 0 Å². The third-order valence-electron chi connectivity index (χ3n) is 7.30. The lowest BCUT2D eigenvalue weighted by Crippen LogP contribution is -2.54. The summed E-state index contributed by atoms with van der Waals surface area (Å²) in [6, 6.07) is 27.2. The van der Waals surface area contributed by atoms with Crippen LogP contribution in [0.1, 0.15) is 36.1 Å². The molecule has 2 amide bonds. The van der Waals surface area contributed by atoms with Crippen molar-refractivity contribution in [1.29, 1.82) is 0 Å². The largest absolute Gasteiger partial charge is 0.352 e. The summed E-state index contributed by atoms with van der Waals surface area (Å²) in [5, 5.41) is 3.30. The van der Waals surface area contributed by atoms with Gasteiger partial charge >= 0.3 is 0 Å². The van der Waals surface area contributed by atoms with Gasteiger partial charge in [0.1, 0.15) is 12.6 Å². The van der Waals surface area contributed by atoms with Crippen LogP contribution in [0.3, 0.4) is 0 Å². The fourth-order valence-electron chi connectivity index (χ4n) is 4.92. The van der Waals surface area contributed by atoms with Crippen molar-refractivity contribution in [2.24, 2.45) is 0 Å². The van der Waals surface area contributed by atoms with Crippen LogP contribution in [-0.4, -0.2) is 43.8 Å². The van der Waals surface area contributed by atoms with Crippen LogP contribution in [-0.2, 0) is 32.6 Å². The zero-order valence-corrected chi connectivity index (χ0v) is 28.9. The minimum atomic E-state index is -4.22. The first-order valence-electron chi connectivity index (χ1n) is 14.6. The van der Waals surface area contributed by atoms with E-state index in [0.717, 1.165) is 25.5 Å². The molecular weight excluding hydrogens is 674 g/mol. The van der Waals surface area contributed by atoms with Crippen LogP contribution >= 0.6 is 27.5 Å². The number of amides is 2. The number of benzene rings is 4. The van der Waals surface area contributed by atoms with E-state index in [-0.39, 0.29) is 35.5 Å². The van der Waals surface area contributed by atoms with Gasteiger partial charge in [0.25, 0.3) is 10.0 Å². The number of carbonyl (C=O) groups excluding carboxylic acids is 2. The molecule has 0 saturated heterocycles. The molecule has 0 bridgehead atoms. The van der Waals surface area contributed by atoms with Gasteiger partial charge < -0.3 is 10.2 Å². The zero-order valence-electron chi connectivity index (χ0n) is 25.7. The van der Waals surface area contributed by atoms with Gasteiger partial charge in [0.15, 0.2) is 0 Å². The normalized spacial score (nSPS) is 12.1. The second kappa shape index (κ2) is 15.1. The molecule has 0 unspecified atom stereocenters. The highest BCUT2D eigenvalue weighted by atomic mass is 79.9. The predicted molar refractivity (Wildman–Crippen MR) is 184 cm³/mol. The fourth-order valence-corrected chi connectivity index (χ4v) is 6.82. The van der Waals surface area contributed by atoms with Crippen LogP contribution in [0.15, 0.2) is 106 Å². The molecule has 0 aliphatic heterocycles. The third-order valence-corrected chi connectivity index (χ3v) is 9.83. The maximum Gasteiger partial charge on any atom is 0.264 e. The Labute approximate surface area is 279 Å². The average molecular weight is 711 g/mol. The molecule has 4 rings (SSSR count). The summed E-state index contributed by atoms with van der Waals surface area (Å²) in [7, 11) is -4.22. The van der Waals surface area contributed by atoms with Gasteiger partial charge in [0, 0.05) is 28.5 Å². The topological polar surface area (TPSA) is 86.8 Å². The van der Waals surface area contributed by atoms with Gasteiger partial charge in [-0.05, 0) is 80.8 Å². The Morgan fingerprint density at radius 2 is 1.51 bits per heavy atom. The summed E-state index contributed by atoms with van der Waals surface area (Å²) < 4.78 is 30.4. The first-order valence-corrected chi connectivity index (χ1v) is 17.2. The molecule has 45 heavy (non-hydrogen) atoms. The number of nitrogens with zero attached hydrogens (tertiary/aromatic N) is 2. The summed E-state index contributed by atoms with van der Waals surface area (Å²) in [4.78, 5) is 29.9. The molecule has 4 aromatic rings. The molecule has 0 saturated carbocycles. The van der Waals surface area contributed by atoms with Gasteiger partial charge in [0.05, 0.1) is 10.6 Å². The number of sulfonamides is 1. The molecule has 0 aliphatic rings. The molecule has 0 heterocycles. The van der Waals surface area contributed by atoms with Crippen molar-refractivity contribution in [2.45, 2.75) is 57.6 Å². The second-order valence-corrected chi connectivity index (χ2v) is 14.5. The smallest absolute Gasteiger partial charge is 0.264 e. The van der Waals surface area contributed by atoms with Gasteiger partial charge in [-0.1, -0.05) is 93.8 Å². The Bertz CT molecular complexity index is 1730. The van der Waals surface area contributed by atoms with Gasteiger partial charge in [-0.3, -0.25) is 13.9 Å². The number of anilines is 1. The van der Waals surface area contributed by atoms with Crippen molar-refractivity contribution >= 4 is 55.1 Å². The molecule has 236 valence electrons. The number of carbonyl (C=O) groups is 2. The lowest BCUT2D eigenvalue weighted by molar-refractivity contribution is -0.140. The van der Waals surface area contributed by atoms with E-state index in [1.54, 1.807) is 37.3 Å². The summed E-state index contributed by atoms with van der Waals surface area (Å²) >= 11 is 9.81. The average Bonchev–Trinajstić information content (AvgIpc) is 3.00. The highest BCUT2D eigenvalue weighted by Gasteiger charge is 2.35. The minimum absolute atomic E-state index is 0.0399. The molecule has 0 spiro atoms. The van der Waals surface area contributed by atoms with Gasteiger partial charge in [0.2, 0.25) is 11.8 Å². The molecule has 1 N–H and O–H groups in total. The van der Waals surface area contributed by atoms with Crippen molar-refractivity contribution < 1.29 is 18.0 Å². The monoisotopic (exact) mass is 709 g/mol. The number of aryl methyl sites for hydroxylation is 2. The summed E-state index contributed by atoms with van der Waals surface area (Å²) in [5.74, 6) is -0.862. The van der Waals surface area contributed by atoms with Crippen molar-refractivity contribution in [2.75, 3.05) is 10.8 Å². The standard InChI is InChI=1S/C35H37BrClN3O4S/c1-24(2)38-35(42)33(20-27-8-6-5-7-9-27)39(22-28-13-15-29(36)16-14-28)34(41)23-40(32-21-30(37)17-12-26(32)4)45(43,44)31-18-10-25(3)11-19-31/h5-19,21,24,33H,20,22-23H2,1-4H3,(H,38,42)/t33-/m0/s1. The van der Waals surface area contributed by atoms with Crippen LogP contribution in [0, 0.1) is 13.8 Å². The predicted octanol–water partition coefficient (Wildman–Crippen LogP) is 7.08. The summed E-state index contributed by atoms with van der Waals surface area (Å²) in [6.07, 6.45) is 0.239. The first kappa shape index (κ1) is 34.2. The maximum atomic E-state index is 14.5. The van der Waals surface area contributed by atoms with E-state index in [2.05, 4.69) is 21.2 Å². The third kappa shape index (κ3) is 8.96. The fraction of sp³-hybridized carbons (Fsp3) is 0.257. The van der Waals surface area contributed by atoms with Crippen molar-refractivity contribution in [1.82, 2.24) is 10.2 Å². The lowest BCUT2D eigenvalue weighted by Gasteiger charge is -2.34. The highest BCUT2D eigenvalue weighted by molar-refractivity contribution is 9.10. The molecule has 4 aromatic carbocycles. The lowest BCUT2D eigenvalue weighted by atomic mass is 10.0. The number of hydrogen-bond acceptors (Lipinski definition) is 4. The molecule has 0 fully saturated rings. The minimum Gasteiger partial charge on any atom is -0.352 e. The van der Waals surface area contributed by atoms with Gasteiger partial charge in [-0.15, -0.1) is 0 Å². The Kier molecular flexibility index (Phi) is 11.5. The molecule has 0 radical (unpaired) electrons. The Balaban J connectivity index is 1.83. The Morgan fingerprint density at radius 3 is 2.13 bits per heavy atom. The van der Waals surface area contributed by atoms with E-state index in [9.17, 15) is 18.0 Å². The van der Waals surface area contributed by atoms with Crippen LogP contribution in [0.5, 0.6) is 0 Å². The van der Waals surface area contributed by atoms with Crippen LogP contribution in [0.2, 0.25) is 5.02 Å². The number of hydrogen-bond donors (Lipinski definition) is 1. The van der Waals surface area contributed by atoms with E-state index < -0.39 is 28.5 Å². The summed E-state index contributed by atoms with van der Waals surface area (Å²) in [6.45, 7) is 6.89. The van der Waals surface area contributed by atoms with E-state index in [0.29, 0.717) is 10.6 Å². The van der Waals surface area contributed by atoms with E-state index >= 15 is 0 Å². The second-order valence-electron chi connectivity index (χ2n) is 11.3. The highest BCUT2D eigenvalue weighted by Crippen LogP contribution is 2.30. The quantitative estimate of drug-likeness (QED) is 0.170. The van der Waals surface area contributed by atoms with E-state index in [1.165, 1.54) is 17.0 Å².